The molecule has 4 heteroatoms. The Morgan fingerprint density at radius 1 is 1.37 bits per heavy atom. The molecule has 0 spiro atoms. The van der Waals surface area contributed by atoms with Gasteiger partial charge in [-0.2, -0.15) is 0 Å². The van der Waals surface area contributed by atoms with Gasteiger partial charge in [0.15, 0.2) is 0 Å². The van der Waals surface area contributed by atoms with Crippen molar-refractivity contribution in [1.82, 2.24) is 4.90 Å². The molecule has 1 aromatic carbocycles. The first-order chi connectivity index (χ1) is 9.20. The predicted molar refractivity (Wildman–Crippen MR) is 74.4 cm³/mol. The van der Waals surface area contributed by atoms with E-state index in [9.17, 15) is 4.39 Å². The lowest BCUT2D eigenvalue weighted by molar-refractivity contribution is 0.0131. The summed E-state index contributed by atoms with van der Waals surface area (Å²) in [6, 6.07) is 6.51. The summed E-state index contributed by atoms with van der Waals surface area (Å²) in [5.74, 6) is -0.209. The van der Waals surface area contributed by atoms with E-state index in [1.165, 1.54) is 6.07 Å². The lowest BCUT2D eigenvalue weighted by Crippen LogP contribution is -2.40. The number of rotatable bonds is 5. The van der Waals surface area contributed by atoms with Crippen molar-refractivity contribution < 1.29 is 9.13 Å². The number of ether oxygens (including phenoxy) is 1. The standard InChI is InChI=1S/C15H23FN2O/c1-2-19-12-7-9-18(10-8-12)11-15(17)13-5-3-4-6-14(13)16/h3-6,12,15H,2,7-11,17H2,1H3. The van der Waals surface area contributed by atoms with E-state index in [2.05, 4.69) is 4.90 Å². The third kappa shape index (κ3) is 4.00. The van der Waals surface area contributed by atoms with Crippen LogP contribution in [-0.2, 0) is 4.74 Å². The van der Waals surface area contributed by atoms with Gasteiger partial charge < -0.3 is 15.4 Å². The minimum absolute atomic E-state index is 0.209. The van der Waals surface area contributed by atoms with Gasteiger partial charge in [-0.3, -0.25) is 0 Å². The molecule has 0 amide bonds. The monoisotopic (exact) mass is 266 g/mol. The maximum Gasteiger partial charge on any atom is 0.128 e. The van der Waals surface area contributed by atoms with Crippen molar-refractivity contribution in [2.75, 3.05) is 26.2 Å². The van der Waals surface area contributed by atoms with Crippen LogP contribution in [0.3, 0.4) is 0 Å². The number of nitrogens with zero attached hydrogens (tertiary/aromatic N) is 1. The zero-order chi connectivity index (χ0) is 13.7. The number of nitrogens with two attached hydrogens (primary N) is 1. The Morgan fingerprint density at radius 3 is 2.68 bits per heavy atom. The Bertz CT molecular complexity index is 391. The van der Waals surface area contributed by atoms with Gasteiger partial charge in [0.25, 0.3) is 0 Å². The van der Waals surface area contributed by atoms with Gasteiger partial charge in [-0.05, 0) is 25.8 Å². The molecule has 1 saturated heterocycles. The van der Waals surface area contributed by atoms with E-state index in [0.29, 0.717) is 18.2 Å². The van der Waals surface area contributed by atoms with E-state index in [1.807, 2.05) is 13.0 Å². The van der Waals surface area contributed by atoms with E-state index >= 15 is 0 Å². The van der Waals surface area contributed by atoms with E-state index in [4.69, 9.17) is 10.5 Å². The molecule has 0 bridgehead atoms. The molecule has 19 heavy (non-hydrogen) atoms. The van der Waals surface area contributed by atoms with Crippen molar-refractivity contribution in [1.29, 1.82) is 0 Å². The molecule has 2 rings (SSSR count). The lowest BCUT2D eigenvalue weighted by atomic mass is 10.0. The van der Waals surface area contributed by atoms with Gasteiger partial charge in [0.2, 0.25) is 0 Å². The summed E-state index contributed by atoms with van der Waals surface area (Å²) in [6.45, 7) is 5.47. The molecule has 0 aromatic heterocycles. The summed E-state index contributed by atoms with van der Waals surface area (Å²) < 4.78 is 19.3. The van der Waals surface area contributed by atoms with Crippen molar-refractivity contribution in [2.24, 2.45) is 5.73 Å². The first kappa shape index (κ1) is 14.4. The number of piperidine rings is 1. The van der Waals surface area contributed by atoms with E-state index in [-0.39, 0.29) is 11.9 Å². The highest BCUT2D eigenvalue weighted by molar-refractivity contribution is 5.21. The van der Waals surface area contributed by atoms with Crippen molar-refractivity contribution in [3.05, 3.63) is 35.6 Å². The highest BCUT2D eigenvalue weighted by Crippen LogP contribution is 2.19. The van der Waals surface area contributed by atoms with Crippen molar-refractivity contribution in [3.63, 3.8) is 0 Å². The Kier molecular flexibility index (Phi) is 5.31. The maximum atomic E-state index is 13.6. The zero-order valence-corrected chi connectivity index (χ0v) is 11.5. The summed E-state index contributed by atoms with van der Waals surface area (Å²) in [5, 5.41) is 0. The number of benzene rings is 1. The second kappa shape index (κ2) is 6.98. The number of hydrogen-bond donors (Lipinski definition) is 1. The molecule has 106 valence electrons. The van der Waals surface area contributed by atoms with Crippen LogP contribution in [0.5, 0.6) is 0 Å². The summed E-state index contributed by atoms with van der Waals surface area (Å²) in [7, 11) is 0. The molecule has 1 heterocycles. The molecule has 0 aliphatic carbocycles. The molecule has 1 aliphatic heterocycles. The third-order valence-electron chi connectivity index (χ3n) is 3.70. The highest BCUT2D eigenvalue weighted by atomic mass is 19.1. The van der Waals surface area contributed by atoms with Crippen LogP contribution in [0, 0.1) is 5.82 Å². The molecule has 3 nitrogen and oxygen atoms in total. The topological polar surface area (TPSA) is 38.5 Å². The van der Waals surface area contributed by atoms with Crippen molar-refractivity contribution in [3.8, 4) is 0 Å². The molecular formula is C15H23FN2O. The van der Waals surface area contributed by atoms with Gasteiger partial charge in [0, 0.05) is 37.8 Å². The highest BCUT2D eigenvalue weighted by Gasteiger charge is 2.21. The molecule has 0 saturated carbocycles. The fourth-order valence-electron chi connectivity index (χ4n) is 2.65. The smallest absolute Gasteiger partial charge is 0.128 e. The Balaban J connectivity index is 1.84. The summed E-state index contributed by atoms with van der Waals surface area (Å²) in [5.41, 5.74) is 6.71. The first-order valence-electron chi connectivity index (χ1n) is 7.04. The average Bonchev–Trinajstić information content (AvgIpc) is 2.42. The van der Waals surface area contributed by atoms with Crippen molar-refractivity contribution >= 4 is 0 Å². The Morgan fingerprint density at radius 2 is 2.05 bits per heavy atom. The molecule has 1 unspecified atom stereocenters. The number of hydrogen-bond acceptors (Lipinski definition) is 3. The van der Waals surface area contributed by atoms with Gasteiger partial charge in [-0.15, -0.1) is 0 Å². The third-order valence-corrected chi connectivity index (χ3v) is 3.70. The van der Waals surface area contributed by atoms with Crippen LogP contribution in [0.4, 0.5) is 4.39 Å². The first-order valence-corrected chi connectivity index (χ1v) is 7.04. The van der Waals surface area contributed by atoms with Crippen LogP contribution in [0.25, 0.3) is 0 Å². The average molecular weight is 266 g/mol. The number of halogens is 1. The van der Waals surface area contributed by atoms with E-state index in [1.54, 1.807) is 12.1 Å². The molecular weight excluding hydrogens is 243 g/mol. The SMILES string of the molecule is CCOC1CCN(CC(N)c2ccccc2F)CC1. The molecule has 1 aliphatic rings. The van der Waals surface area contributed by atoms with Crippen LogP contribution in [0.15, 0.2) is 24.3 Å². The fraction of sp³-hybridized carbons (Fsp3) is 0.600. The molecule has 0 radical (unpaired) electrons. The molecule has 2 N–H and O–H groups in total. The van der Waals surface area contributed by atoms with Crippen LogP contribution >= 0.6 is 0 Å². The fourth-order valence-corrected chi connectivity index (χ4v) is 2.65. The van der Waals surface area contributed by atoms with Crippen molar-refractivity contribution in [2.45, 2.75) is 31.9 Å². The molecule has 1 atom stereocenters. The van der Waals surface area contributed by atoms with Crippen LogP contribution in [0.1, 0.15) is 31.4 Å². The quantitative estimate of drug-likeness (QED) is 0.889. The largest absolute Gasteiger partial charge is 0.378 e. The van der Waals surface area contributed by atoms with E-state index < -0.39 is 0 Å². The van der Waals surface area contributed by atoms with Gasteiger partial charge in [0.1, 0.15) is 5.82 Å². The van der Waals surface area contributed by atoms with E-state index in [0.717, 1.165) is 32.5 Å². The Labute approximate surface area is 114 Å². The normalized spacial score (nSPS) is 19.5. The number of likely N-dealkylation sites (tertiary alicyclic amines) is 1. The Hall–Kier alpha value is -0.970. The van der Waals surface area contributed by atoms with Crippen LogP contribution in [0.2, 0.25) is 0 Å². The predicted octanol–water partition coefficient (Wildman–Crippen LogP) is 2.33. The molecule has 1 fully saturated rings. The minimum atomic E-state index is -0.259. The molecule has 1 aromatic rings. The van der Waals surface area contributed by atoms with Gasteiger partial charge >= 0.3 is 0 Å². The summed E-state index contributed by atoms with van der Waals surface area (Å²) in [6.07, 6.45) is 2.46. The van der Waals surface area contributed by atoms with Crippen LogP contribution < -0.4 is 5.73 Å². The second-order valence-corrected chi connectivity index (χ2v) is 5.08. The summed E-state index contributed by atoms with van der Waals surface area (Å²) in [4.78, 5) is 2.30. The van der Waals surface area contributed by atoms with Gasteiger partial charge in [-0.25, -0.2) is 4.39 Å². The zero-order valence-electron chi connectivity index (χ0n) is 11.5. The minimum Gasteiger partial charge on any atom is -0.378 e. The maximum absolute atomic E-state index is 13.6. The van der Waals surface area contributed by atoms with Gasteiger partial charge in [0.05, 0.1) is 6.10 Å². The summed E-state index contributed by atoms with van der Waals surface area (Å²) >= 11 is 0. The second-order valence-electron chi connectivity index (χ2n) is 5.08. The van der Waals surface area contributed by atoms with Crippen LogP contribution in [-0.4, -0.2) is 37.2 Å². The lowest BCUT2D eigenvalue weighted by Gasteiger charge is -2.33. The van der Waals surface area contributed by atoms with Gasteiger partial charge in [-0.1, -0.05) is 18.2 Å².